The summed E-state index contributed by atoms with van der Waals surface area (Å²) in [5.41, 5.74) is 1.32. The van der Waals surface area contributed by atoms with Gasteiger partial charge in [-0.25, -0.2) is 0 Å². The summed E-state index contributed by atoms with van der Waals surface area (Å²) in [4.78, 5) is 12.0. The number of allylic oxidation sites excluding steroid dienone is 1. The highest BCUT2D eigenvalue weighted by molar-refractivity contribution is 5.91. The van der Waals surface area contributed by atoms with E-state index in [1.54, 1.807) is 0 Å². The van der Waals surface area contributed by atoms with Crippen molar-refractivity contribution in [2.75, 3.05) is 20.2 Å². The molecule has 5 heteroatoms. The Kier molecular flexibility index (Phi) is 3.67. The van der Waals surface area contributed by atoms with Crippen molar-refractivity contribution in [2.45, 2.75) is 76.6 Å². The average molecular weight is 389 g/mol. The Balaban J connectivity index is 1.37. The van der Waals surface area contributed by atoms with Gasteiger partial charge in [-0.15, -0.1) is 0 Å². The van der Waals surface area contributed by atoms with Crippen LogP contribution in [0.3, 0.4) is 0 Å². The number of fused-ring (bicyclic) bond motifs is 7. The van der Waals surface area contributed by atoms with E-state index in [0.29, 0.717) is 43.7 Å². The summed E-state index contributed by atoms with van der Waals surface area (Å²) in [6.07, 6.45) is 10.6. The van der Waals surface area contributed by atoms with Crippen LogP contribution >= 0.6 is 0 Å². The van der Waals surface area contributed by atoms with Crippen LogP contribution in [-0.2, 0) is 23.7 Å². The van der Waals surface area contributed by atoms with E-state index >= 15 is 0 Å². The lowest BCUT2D eigenvalue weighted by Crippen LogP contribution is -2.63. The molecule has 6 rings (SSSR count). The lowest BCUT2D eigenvalue weighted by Gasteiger charge is -2.60. The van der Waals surface area contributed by atoms with Gasteiger partial charge in [0.15, 0.2) is 19.4 Å². The molecule has 0 bridgehead atoms. The topological polar surface area (TPSA) is 54.0 Å². The third kappa shape index (κ3) is 1.95. The maximum absolute atomic E-state index is 12.0. The van der Waals surface area contributed by atoms with Crippen LogP contribution < -0.4 is 0 Å². The van der Waals surface area contributed by atoms with Gasteiger partial charge >= 0.3 is 0 Å². The summed E-state index contributed by atoms with van der Waals surface area (Å²) in [7, 11) is 0. The van der Waals surface area contributed by atoms with Crippen LogP contribution in [0, 0.1) is 28.6 Å². The zero-order valence-corrected chi connectivity index (χ0v) is 17.1. The molecule has 0 aromatic rings. The first-order valence-electron chi connectivity index (χ1n) is 11.2. The highest BCUT2D eigenvalue weighted by Gasteiger charge is 2.75. The Morgan fingerprint density at radius 1 is 0.929 bits per heavy atom. The lowest BCUT2D eigenvalue weighted by molar-refractivity contribution is -0.248. The Morgan fingerprint density at radius 2 is 1.75 bits per heavy atom. The van der Waals surface area contributed by atoms with Crippen molar-refractivity contribution in [1.29, 1.82) is 0 Å². The second-order valence-corrected chi connectivity index (χ2v) is 10.6. The van der Waals surface area contributed by atoms with Crippen molar-refractivity contribution in [3.8, 4) is 0 Å². The molecular weight excluding hydrogens is 356 g/mol. The third-order valence-electron chi connectivity index (χ3n) is 9.96. The molecule has 2 saturated heterocycles. The number of ketones is 1. The van der Waals surface area contributed by atoms with E-state index in [9.17, 15) is 4.79 Å². The number of carbonyl (C=O) groups is 1. The fraction of sp³-hybridized carbons (Fsp3) is 0.870. The second kappa shape index (κ2) is 5.69. The van der Waals surface area contributed by atoms with E-state index < -0.39 is 5.79 Å². The maximum atomic E-state index is 12.0. The molecule has 5 nitrogen and oxygen atoms in total. The number of ether oxygens (including phenoxy) is 4. The predicted octanol–water partition coefficient (Wildman–Crippen LogP) is 3.96. The molecule has 0 amide bonds. The molecule has 154 valence electrons. The highest BCUT2D eigenvalue weighted by Crippen LogP contribution is 2.71. The first-order valence-corrected chi connectivity index (χ1v) is 11.2. The van der Waals surface area contributed by atoms with E-state index in [2.05, 4.69) is 13.8 Å². The zero-order valence-electron chi connectivity index (χ0n) is 17.1. The van der Waals surface area contributed by atoms with Gasteiger partial charge in [0.2, 0.25) is 5.79 Å². The Bertz CT molecular complexity index is 734. The van der Waals surface area contributed by atoms with E-state index in [1.807, 2.05) is 6.08 Å². The van der Waals surface area contributed by atoms with Crippen LogP contribution in [0.15, 0.2) is 11.6 Å². The summed E-state index contributed by atoms with van der Waals surface area (Å²) in [5, 5.41) is 0. The van der Waals surface area contributed by atoms with Gasteiger partial charge in [0.1, 0.15) is 12.2 Å². The summed E-state index contributed by atoms with van der Waals surface area (Å²) in [6, 6.07) is 0. The summed E-state index contributed by atoms with van der Waals surface area (Å²) in [6.45, 7) is 5.98. The largest absolute Gasteiger partial charge is 0.350 e. The van der Waals surface area contributed by atoms with Crippen LogP contribution in [0.4, 0.5) is 0 Å². The molecule has 0 aromatic heterocycles. The Morgan fingerprint density at radius 3 is 2.57 bits per heavy atom. The smallest absolute Gasteiger partial charge is 0.226 e. The van der Waals surface area contributed by atoms with Gasteiger partial charge < -0.3 is 18.9 Å². The molecule has 6 aliphatic rings. The third-order valence-corrected chi connectivity index (χ3v) is 9.96. The van der Waals surface area contributed by atoms with Crippen molar-refractivity contribution in [3.63, 3.8) is 0 Å². The molecule has 0 aromatic carbocycles. The number of rotatable bonds is 0. The lowest BCUT2D eigenvalue weighted by atomic mass is 9.46. The van der Waals surface area contributed by atoms with E-state index in [4.69, 9.17) is 18.9 Å². The van der Waals surface area contributed by atoms with E-state index in [-0.39, 0.29) is 16.4 Å². The van der Waals surface area contributed by atoms with Crippen LogP contribution in [0.2, 0.25) is 0 Å². The van der Waals surface area contributed by atoms with Crippen LogP contribution in [0.1, 0.15) is 65.2 Å². The summed E-state index contributed by atoms with van der Waals surface area (Å²) >= 11 is 0. The van der Waals surface area contributed by atoms with Crippen LogP contribution in [0.5, 0.6) is 0 Å². The molecule has 2 spiro atoms. The second-order valence-electron chi connectivity index (χ2n) is 10.6. The molecule has 0 N–H and O–H groups in total. The van der Waals surface area contributed by atoms with Gasteiger partial charge in [0.05, 0.1) is 0 Å². The van der Waals surface area contributed by atoms with Gasteiger partial charge in [0, 0.05) is 11.8 Å². The van der Waals surface area contributed by atoms with E-state index in [0.717, 1.165) is 32.1 Å². The fourth-order valence-electron chi connectivity index (χ4n) is 8.54. The SMILES string of the molecule is C[C@]12CC[C@@H]3[C@@H](CCC4=CC(=O)CC[C@]43C)[C@H]1CC[C@]21OCO[C@@]12COCO2. The normalized spacial score (nSPS) is 55.3. The minimum atomic E-state index is -0.718. The van der Waals surface area contributed by atoms with E-state index in [1.165, 1.54) is 24.8 Å². The van der Waals surface area contributed by atoms with Gasteiger partial charge in [-0.1, -0.05) is 19.4 Å². The van der Waals surface area contributed by atoms with Crippen molar-refractivity contribution < 1.29 is 23.7 Å². The molecule has 7 atom stereocenters. The summed E-state index contributed by atoms with van der Waals surface area (Å²) < 4.78 is 24.3. The maximum Gasteiger partial charge on any atom is 0.226 e. The van der Waals surface area contributed by atoms with Crippen molar-refractivity contribution in [2.24, 2.45) is 28.6 Å². The molecule has 0 unspecified atom stereocenters. The van der Waals surface area contributed by atoms with Gasteiger partial charge in [-0.05, 0) is 74.2 Å². The Labute approximate surface area is 167 Å². The Hall–Kier alpha value is -0.750. The zero-order chi connectivity index (χ0) is 19.2. The first-order chi connectivity index (χ1) is 13.4. The molecule has 4 aliphatic carbocycles. The molecule has 3 saturated carbocycles. The number of carbonyl (C=O) groups excluding carboxylic acids is 1. The minimum absolute atomic E-state index is 0.0560. The standard InChI is InChI=1S/C23H32O5/c1-20-8-5-16(24)11-15(20)3-4-17-18(20)6-9-21(2)19(17)7-10-22(21)23(28-14-26-22)12-25-13-27-23/h11,17-19H,3-10,12-14H2,1-2H3/t17-,18-,19-,20-,21+,22+,23+/m1/s1. The first kappa shape index (κ1) is 18.1. The van der Waals surface area contributed by atoms with Crippen molar-refractivity contribution in [3.05, 3.63) is 11.6 Å². The molecule has 28 heavy (non-hydrogen) atoms. The molecular formula is C23H32O5. The van der Waals surface area contributed by atoms with Crippen molar-refractivity contribution >= 4 is 5.78 Å². The monoisotopic (exact) mass is 388 g/mol. The van der Waals surface area contributed by atoms with Crippen molar-refractivity contribution in [1.82, 2.24) is 0 Å². The average Bonchev–Trinajstić information content (AvgIpc) is 3.37. The molecule has 5 fully saturated rings. The molecule has 2 aliphatic heterocycles. The molecule has 2 heterocycles. The quantitative estimate of drug-likeness (QED) is 0.629. The minimum Gasteiger partial charge on any atom is -0.350 e. The van der Waals surface area contributed by atoms with Gasteiger partial charge in [-0.3, -0.25) is 4.79 Å². The highest BCUT2D eigenvalue weighted by atomic mass is 16.9. The molecule has 0 radical (unpaired) electrons. The van der Waals surface area contributed by atoms with Gasteiger partial charge in [0.25, 0.3) is 0 Å². The summed E-state index contributed by atoms with van der Waals surface area (Å²) in [5.74, 6) is 1.64. The fourth-order valence-corrected chi connectivity index (χ4v) is 8.54. The number of hydrogen-bond donors (Lipinski definition) is 0. The van der Waals surface area contributed by atoms with Crippen LogP contribution in [0.25, 0.3) is 0 Å². The van der Waals surface area contributed by atoms with Crippen LogP contribution in [-0.4, -0.2) is 37.4 Å². The number of hydrogen-bond acceptors (Lipinski definition) is 5. The predicted molar refractivity (Wildman–Crippen MR) is 101 cm³/mol. The van der Waals surface area contributed by atoms with Gasteiger partial charge in [-0.2, -0.15) is 0 Å².